The number of hydrogen-bond acceptors (Lipinski definition) is 4. The predicted octanol–water partition coefficient (Wildman–Crippen LogP) is 3.43. The molecule has 1 unspecified atom stereocenters. The van der Waals surface area contributed by atoms with Gasteiger partial charge in [-0.05, 0) is 37.6 Å². The van der Waals surface area contributed by atoms with E-state index in [1.165, 1.54) is 12.1 Å². The molecule has 0 amide bonds. The number of halogens is 1. The lowest BCUT2D eigenvalue weighted by atomic mass is 10.1. The topological polar surface area (TPSA) is 52.6 Å². The van der Waals surface area contributed by atoms with Crippen molar-refractivity contribution in [3.8, 4) is 0 Å². The van der Waals surface area contributed by atoms with E-state index < -0.39 is 5.97 Å². The van der Waals surface area contributed by atoms with Gasteiger partial charge in [-0.2, -0.15) is 0 Å². The smallest absolute Gasteiger partial charge is 0.338 e. The number of hydrogen-bond donors (Lipinski definition) is 0. The van der Waals surface area contributed by atoms with Crippen LogP contribution in [-0.4, -0.2) is 30.5 Å². The van der Waals surface area contributed by atoms with Crippen molar-refractivity contribution in [3.05, 3.63) is 35.4 Å². The van der Waals surface area contributed by atoms with Crippen LogP contribution >= 0.6 is 11.6 Å². The Balaban J connectivity index is 2.55. The number of ether oxygens (including phenoxy) is 2. The molecule has 0 saturated carbocycles. The van der Waals surface area contributed by atoms with E-state index in [1.54, 1.807) is 19.1 Å². The summed E-state index contributed by atoms with van der Waals surface area (Å²) in [6.45, 7) is 4.33. The second-order valence-electron chi connectivity index (χ2n) is 4.45. The lowest BCUT2D eigenvalue weighted by molar-refractivity contribution is 0.0489. The van der Waals surface area contributed by atoms with Crippen LogP contribution in [0.2, 0.25) is 0 Å². The summed E-state index contributed by atoms with van der Waals surface area (Å²) in [4.78, 5) is 23.3. The summed E-state index contributed by atoms with van der Waals surface area (Å²) in [6.07, 6.45) is 1.81. The molecular weight excluding hydrogens is 280 g/mol. The highest BCUT2D eigenvalue weighted by atomic mass is 35.5. The molecule has 5 heteroatoms. The standard InChI is InChI=1S/C15H19ClO4/c1-3-4-9-19-14(17)12-5-7-13(8-6-12)15(18)20-10-11(2)16/h5-8,11H,3-4,9-10H2,1-2H3. The average molecular weight is 299 g/mol. The maximum absolute atomic E-state index is 11.7. The Kier molecular flexibility index (Phi) is 7.09. The van der Waals surface area contributed by atoms with Gasteiger partial charge in [0.25, 0.3) is 0 Å². The first kappa shape index (κ1) is 16.5. The highest BCUT2D eigenvalue weighted by molar-refractivity contribution is 6.20. The molecule has 0 heterocycles. The fraction of sp³-hybridized carbons (Fsp3) is 0.467. The third kappa shape index (κ3) is 5.61. The first-order chi connectivity index (χ1) is 9.54. The number of esters is 2. The second kappa shape index (κ2) is 8.59. The molecular formula is C15H19ClO4. The highest BCUT2D eigenvalue weighted by Gasteiger charge is 2.11. The SMILES string of the molecule is CCCCOC(=O)c1ccc(C(=O)OCC(C)Cl)cc1. The molecule has 4 nitrogen and oxygen atoms in total. The molecule has 0 saturated heterocycles. The molecule has 0 aliphatic carbocycles. The molecule has 0 N–H and O–H groups in total. The van der Waals surface area contributed by atoms with Crippen LogP contribution in [-0.2, 0) is 9.47 Å². The van der Waals surface area contributed by atoms with Crippen LogP contribution in [0.3, 0.4) is 0 Å². The molecule has 0 aliphatic rings. The quantitative estimate of drug-likeness (QED) is 0.440. The Morgan fingerprint density at radius 3 is 2.05 bits per heavy atom. The molecule has 0 fully saturated rings. The maximum Gasteiger partial charge on any atom is 0.338 e. The van der Waals surface area contributed by atoms with E-state index in [9.17, 15) is 9.59 Å². The van der Waals surface area contributed by atoms with Crippen LogP contribution < -0.4 is 0 Å². The van der Waals surface area contributed by atoms with Crippen molar-refractivity contribution in [3.63, 3.8) is 0 Å². The van der Waals surface area contributed by atoms with Gasteiger partial charge in [0.05, 0.1) is 23.1 Å². The van der Waals surface area contributed by atoms with Crippen molar-refractivity contribution in [1.29, 1.82) is 0 Å². The van der Waals surface area contributed by atoms with Crippen molar-refractivity contribution in [1.82, 2.24) is 0 Å². The summed E-state index contributed by atoms with van der Waals surface area (Å²) in [5, 5.41) is -0.230. The van der Waals surface area contributed by atoms with Crippen LogP contribution in [0.4, 0.5) is 0 Å². The molecule has 1 rings (SSSR count). The van der Waals surface area contributed by atoms with Crippen molar-refractivity contribution < 1.29 is 19.1 Å². The van der Waals surface area contributed by atoms with Gasteiger partial charge in [-0.25, -0.2) is 9.59 Å². The molecule has 0 bridgehead atoms. The summed E-state index contributed by atoms with van der Waals surface area (Å²) in [7, 11) is 0. The molecule has 1 aromatic rings. The second-order valence-corrected chi connectivity index (χ2v) is 5.19. The largest absolute Gasteiger partial charge is 0.462 e. The van der Waals surface area contributed by atoms with Gasteiger partial charge in [0.2, 0.25) is 0 Å². The summed E-state index contributed by atoms with van der Waals surface area (Å²) < 4.78 is 10.1. The van der Waals surface area contributed by atoms with Gasteiger partial charge in [-0.3, -0.25) is 0 Å². The third-order valence-electron chi connectivity index (χ3n) is 2.53. The fourth-order valence-electron chi connectivity index (χ4n) is 1.41. The molecule has 1 aromatic carbocycles. The monoisotopic (exact) mass is 298 g/mol. The minimum Gasteiger partial charge on any atom is -0.462 e. The van der Waals surface area contributed by atoms with E-state index >= 15 is 0 Å². The summed E-state index contributed by atoms with van der Waals surface area (Å²) in [6, 6.07) is 6.18. The molecule has 0 spiro atoms. The number of alkyl halides is 1. The van der Waals surface area contributed by atoms with Gasteiger partial charge in [0.1, 0.15) is 6.61 Å². The van der Waals surface area contributed by atoms with Gasteiger partial charge in [-0.15, -0.1) is 11.6 Å². The Morgan fingerprint density at radius 1 is 1.10 bits per heavy atom. The lowest BCUT2D eigenvalue weighted by Crippen LogP contribution is -2.12. The van der Waals surface area contributed by atoms with Crippen molar-refractivity contribution >= 4 is 23.5 Å². The Morgan fingerprint density at radius 2 is 1.60 bits per heavy atom. The number of carbonyl (C=O) groups is 2. The van der Waals surface area contributed by atoms with Gasteiger partial charge in [-0.1, -0.05) is 13.3 Å². The highest BCUT2D eigenvalue weighted by Crippen LogP contribution is 2.08. The Bertz CT molecular complexity index is 440. The fourth-order valence-corrected chi connectivity index (χ4v) is 1.47. The number of carbonyl (C=O) groups excluding carboxylic acids is 2. The third-order valence-corrected chi connectivity index (χ3v) is 2.66. The lowest BCUT2D eigenvalue weighted by Gasteiger charge is -2.07. The molecule has 0 aromatic heterocycles. The van der Waals surface area contributed by atoms with Crippen LogP contribution in [0.5, 0.6) is 0 Å². The molecule has 0 radical (unpaired) electrons. The first-order valence-corrected chi connectivity index (χ1v) is 7.06. The Hall–Kier alpha value is -1.55. The Labute approximate surface area is 124 Å². The average Bonchev–Trinajstić information content (AvgIpc) is 2.45. The predicted molar refractivity (Wildman–Crippen MR) is 77.2 cm³/mol. The van der Waals surface area contributed by atoms with Crippen LogP contribution in [0.15, 0.2) is 24.3 Å². The summed E-state index contributed by atoms with van der Waals surface area (Å²) >= 11 is 5.70. The van der Waals surface area contributed by atoms with Gasteiger partial charge in [0, 0.05) is 0 Å². The number of benzene rings is 1. The zero-order valence-electron chi connectivity index (χ0n) is 11.7. The molecule has 110 valence electrons. The first-order valence-electron chi connectivity index (χ1n) is 6.63. The molecule has 0 aliphatic heterocycles. The zero-order chi connectivity index (χ0) is 15.0. The van der Waals surface area contributed by atoms with E-state index in [2.05, 4.69) is 0 Å². The zero-order valence-corrected chi connectivity index (χ0v) is 12.5. The van der Waals surface area contributed by atoms with Crippen molar-refractivity contribution in [2.75, 3.05) is 13.2 Å². The minimum atomic E-state index is -0.455. The van der Waals surface area contributed by atoms with E-state index in [0.29, 0.717) is 17.7 Å². The van der Waals surface area contributed by atoms with Crippen LogP contribution in [0.25, 0.3) is 0 Å². The molecule has 20 heavy (non-hydrogen) atoms. The van der Waals surface area contributed by atoms with Crippen molar-refractivity contribution in [2.45, 2.75) is 32.1 Å². The summed E-state index contributed by atoms with van der Waals surface area (Å²) in [5.74, 6) is -0.837. The van der Waals surface area contributed by atoms with E-state index in [-0.39, 0.29) is 18.0 Å². The van der Waals surface area contributed by atoms with Crippen LogP contribution in [0.1, 0.15) is 47.4 Å². The van der Waals surface area contributed by atoms with Crippen LogP contribution in [0, 0.1) is 0 Å². The molecule has 1 atom stereocenters. The number of rotatable bonds is 7. The minimum absolute atomic E-state index is 0.154. The summed E-state index contributed by atoms with van der Waals surface area (Å²) in [5.41, 5.74) is 0.802. The van der Waals surface area contributed by atoms with Gasteiger partial charge in [0.15, 0.2) is 0 Å². The maximum atomic E-state index is 11.7. The van der Waals surface area contributed by atoms with E-state index in [4.69, 9.17) is 21.1 Å². The number of unbranched alkanes of at least 4 members (excludes halogenated alkanes) is 1. The van der Waals surface area contributed by atoms with Gasteiger partial charge < -0.3 is 9.47 Å². The van der Waals surface area contributed by atoms with Crippen molar-refractivity contribution in [2.24, 2.45) is 0 Å². The van der Waals surface area contributed by atoms with E-state index in [1.807, 2.05) is 6.92 Å². The normalized spacial score (nSPS) is 11.8. The van der Waals surface area contributed by atoms with E-state index in [0.717, 1.165) is 12.8 Å². The van der Waals surface area contributed by atoms with Gasteiger partial charge >= 0.3 is 11.9 Å².